The van der Waals surface area contributed by atoms with Crippen LogP contribution in [0.5, 0.6) is 0 Å². The normalized spacial score (nSPS) is 19.2. The van der Waals surface area contributed by atoms with Crippen LogP contribution >= 0.6 is 0 Å². The molecule has 4 aromatic rings. The first kappa shape index (κ1) is 21.2. The maximum atomic E-state index is 7.38. The van der Waals surface area contributed by atoms with Gasteiger partial charge in [-0.2, -0.15) is 0 Å². The van der Waals surface area contributed by atoms with E-state index in [9.17, 15) is 0 Å². The van der Waals surface area contributed by atoms with Crippen LogP contribution in [0.2, 0.25) is 0 Å². The molecule has 8 nitrogen and oxygen atoms in total. The topological polar surface area (TPSA) is 128 Å². The summed E-state index contributed by atoms with van der Waals surface area (Å²) in [6.45, 7) is 0. The third-order valence-corrected chi connectivity index (χ3v) is 6.39. The number of aliphatic imine (C=N–C) groups is 1. The van der Waals surface area contributed by atoms with Crippen LogP contribution in [0.15, 0.2) is 58.6 Å². The maximum absolute atomic E-state index is 7.38. The van der Waals surface area contributed by atoms with Crippen molar-refractivity contribution in [1.29, 1.82) is 5.53 Å². The number of aromatic amines is 1. The number of amidine groups is 1. The van der Waals surface area contributed by atoms with Gasteiger partial charge in [0.1, 0.15) is 17.3 Å². The standard InChI is InChI=1S/C25H28N8/c1-28-23(33-27)16-7-12-19-20(14-16)30-25-22(19)24(29-18-10-8-17(26)9-11-18)31-21(32-25)13-15-5-3-2-4-6-15/h2-7,12,14,17-18,27H,8-11,13,26H2,1H3,(H2,29,30,31,32)/b28-23-,33-27?. The molecule has 1 aliphatic carbocycles. The van der Waals surface area contributed by atoms with Gasteiger partial charge in [0.15, 0.2) is 5.84 Å². The van der Waals surface area contributed by atoms with Crippen molar-refractivity contribution >= 4 is 33.6 Å². The van der Waals surface area contributed by atoms with Crippen molar-refractivity contribution in [3.05, 3.63) is 65.5 Å². The van der Waals surface area contributed by atoms with Crippen molar-refractivity contribution in [2.24, 2.45) is 15.8 Å². The summed E-state index contributed by atoms with van der Waals surface area (Å²) in [6, 6.07) is 16.9. The third kappa shape index (κ3) is 4.34. The predicted octanol–water partition coefficient (Wildman–Crippen LogP) is 4.79. The summed E-state index contributed by atoms with van der Waals surface area (Å²) in [5, 5.41) is 9.27. The molecule has 168 valence electrons. The van der Waals surface area contributed by atoms with Gasteiger partial charge < -0.3 is 16.0 Å². The molecule has 0 amide bonds. The molecular formula is C25H28N8. The van der Waals surface area contributed by atoms with Crippen LogP contribution < -0.4 is 11.1 Å². The molecule has 5 rings (SSSR count). The van der Waals surface area contributed by atoms with Crippen molar-refractivity contribution in [1.82, 2.24) is 15.0 Å². The number of nitrogens with two attached hydrogens (primary N) is 1. The van der Waals surface area contributed by atoms with E-state index in [0.717, 1.165) is 64.8 Å². The van der Waals surface area contributed by atoms with Gasteiger partial charge in [-0.3, -0.25) is 4.99 Å². The Balaban J connectivity index is 1.61. The zero-order valence-electron chi connectivity index (χ0n) is 18.7. The zero-order chi connectivity index (χ0) is 22.8. The first-order valence-electron chi connectivity index (χ1n) is 11.4. The molecule has 2 aromatic carbocycles. The highest BCUT2D eigenvalue weighted by atomic mass is 15.1. The Bertz CT molecular complexity index is 1320. The number of rotatable bonds is 5. The maximum Gasteiger partial charge on any atom is 0.176 e. The Hall–Kier alpha value is -3.65. The number of aromatic nitrogens is 3. The van der Waals surface area contributed by atoms with E-state index in [1.165, 1.54) is 5.56 Å². The van der Waals surface area contributed by atoms with E-state index in [0.29, 0.717) is 24.3 Å². The number of benzene rings is 2. The lowest BCUT2D eigenvalue weighted by molar-refractivity contribution is 0.410. The molecule has 1 saturated carbocycles. The van der Waals surface area contributed by atoms with Crippen LogP contribution in [0.4, 0.5) is 5.82 Å². The summed E-state index contributed by atoms with van der Waals surface area (Å²) in [6.07, 6.45) is 4.78. The van der Waals surface area contributed by atoms with Crippen LogP contribution in [0.1, 0.15) is 42.6 Å². The number of anilines is 1. The van der Waals surface area contributed by atoms with Crippen LogP contribution in [-0.4, -0.2) is 39.9 Å². The number of H-pyrrole nitrogens is 1. The molecule has 0 radical (unpaired) electrons. The summed E-state index contributed by atoms with van der Waals surface area (Å²) in [7, 11) is 1.64. The Labute approximate surface area is 192 Å². The van der Waals surface area contributed by atoms with Crippen molar-refractivity contribution < 1.29 is 0 Å². The van der Waals surface area contributed by atoms with Crippen LogP contribution in [0.25, 0.3) is 21.9 Å². The van der Waals surface area contributed by atoms with E-state index < -0.39 is 0 Å². The van der Waals surface area contributed by atoms with E-state index in [-0.39, 0.29) is 0 Å². The number of nitrogens with one attached hydrogen (secondary N) is 3. The molecule has 8 heteroatoms. The van der Waals surface area contributed by atoms with E-state index in [2.05, 4.69) is 32.5 Å². The van der Waals surface area contributed by atoms with E-state index in [4.69, 9.17) is 21.2 Å². The van der Waals surface area contributed by atoms with Gasteiger partial charge in [-0.25, -0.2) is 15.5 Å². The van der Waals surface area contributed by atoms with Crippen molar-refractivity contribution in [3.8, 4) is 0 Å². The molecule has 5 N–H and O–H groups in total. The molecule has 1 fully saturated rings. The number of fused-ring (bicyclic) bond motifs is 3. The van der Waals surface area contributed by atoms with Gasteiger partial charge in [0.2, 0.25) is 0 Å². The fourth-order valence-corrected chi connectivity index (χ4v) is 4.65. The van der Waals surface area contributed by atoms with Gasteiger partial charge in [-0.15, -0.1) is 5.11 Å². The first-order chi connectivity index (χ1) is 16.1. The summed E-state index contributed by atoms with van der Waals surface area (Å²) in [4.78, 5) is 17.4. The van der Waals surface area contributed by atoms with Gasteiger partial charge in [0, 0.05) is 42.0 Å². The molecule has 1 aliphatic rings. The monoisotopic (exact) mass is 440 g/mol. The van der Waals surface area contributed by atoms with Crippen molar-refractivity contribution in [2.45, 2.75) is 44.2 Å². The van der Waals surface area contributed by atoms with E-state index in [1.54, 1.807) is 7.05 Å². The smallest absolute Gasteiger partial charge is 0.176 e. The molecule has 2 heterocycles. The van der Waals surface area contributed by atoms with Gasteiger partial charge >= 0.3 is 0 Å². The quantitative estimate of drug-likeness (QED) is 0.202. The molecule has 0 bridgehead atoms. The second kappa shape index (κ2) is 9.07. The summed E-state index contributed by atoms with van der Waals surface area (Å²) >= 11 is 0. The molecule has 0 atom stereocenters. The summed E-state index contributed by atoms with van der Waals surface area (Å²) < 4.78 is 0. The minimum atomic E-state index is 0.297. The minimum absolute atomic E-state index is 0.297. The molecule has 0 unspecified atom stereocenters. The largest absolute Gasteiger partial charge is 0.367 e. The van der Waals surface area contributed by atoms with E-state index >= 15 is 0 Å². The molecule has 0 saturated heterocycles. The highest BCUT2D eigenvalue weighted by Crippen LogP contribution is 2.32. The molecule has 0 aliphatic heterocycles. The Morgan fingerprint density at radius 2 is 1.91 bits per heavy atom. The minimum Gasteiger partial charge on any atom is -0.367 e. The highest BCUT2D eigenvalue weighted by Gasteiger charge is 2.22. The summed E-state index contributed by atoms with van der Waals surface area (Å²) in [5.74, 6) is 2.02. The number of hydrogen-bond donors (Lipinski definition) is 4. The van der Waals surface area contributed by atoms with Crippen LogP contribution in [-0.2, 0) is 6.42 Å². The third-order valence-electron chi connectivity index (χ3n) is 6.39. The fourth-order valence-electron chi connectivity index (χ4n) is 4.65. The Morgan fingerprint density at radius 1 is 1.12 bits per heavy atom. The Morgan fingerprint density at radius 3 is 2.64 bits per heavy atom. The lowest BCUT2D eigenvalue weighted by atomic mass is 9.92. The number of nitrogens with zero attached hydrogens (tertiary/aromatic N) is 4. The second-order valence-corrected chi connectivity index (χ2v) is 8.67. The van der Waals surface area contributed by atoms with Crippen LogP contribution in [0, 0.1) is 5.53 Å². The number of hydrogen-bond acceptors (Lipinski definition) is 6. The van der Waals surface area contributed by atoms with Gasteiger partial charge in [0.25, 0.3) is 0 Å². The van der Waals surface area contributed by atoms with Crippen molar-refractivity contribution in [3.63, 3.8) is 0 Å². The van der Waals surface area contributed by atoms with Crippen molar-refractivity contribution in [2.75, 3.05) is 12.4 Å². The molecule has 0 spiro atoms. The lowest BCUT2D eigenvalue weighted by Crippen LogP contribution is -2.33. The predicted molar refractivity (Wildman–Crippen MR) is 132 cm³/mol. The van der Waals surface area contributed by atoms with Gasteiger partial charge in [-0.1, -0.05) is 42.5 Å². The lowest BCUT2D eigenvalue weighted by Gasteiger charge is -2.27. The second-order valence-electron chi connectivity index (χ2n) is 8.67. The fraction of sp³-hybridized carbons (Fsp3) is 0.320. The molecule has 2 aromatic heterocycles. The average Bonchev–Trinajstić information content (AvgIpc) is 3.20. The SMILES string of the molecule is C/N=C(\N=N)c1ccc2c(c1)[nH]c1nc(Cc3ccccc3)nc(NC3CCC(N)CC3)c12. The Kier molecular flexibility index (Phi) is 5.83. The molecular weight excluding hydrogens is 412 g/mol. The van der Waals surface area contributed by atoms with Gasteiger partial charge in [0.05, 0.1) is 5.39 Å². The van der Waals surface area contributed by atoms with Crippen LogP contribution in [0.3, 0.4) is 0 Å². The highest BCUT2D eigenvalue weighted by molar-refractivity contribution is 6.13. The molecule has 33 heavy (non-hydrogen) atoms. The van der Waals surface area contributed by atoms with Gasteiger partial charge in [-0.05, 0) is 37.3 Å². The first-order valence-corrected chi connectivity index (χ1v) is 11.4. The average molecular weight is 441 g/mol. The van der Waals surface area contributed by atoms with E-state index in [1.807, 2.05) is 36.4 Å². The zero-order valence-corrected chi connectivity index (χ0v) is 18.7. The summed E-state index contributed by atoms with van der Waals surface area (Å²) in [5.41, 5.74) is 17.2.